The minimum Gasteiger partial charge on any atom is -0.383 e. The second-order valence-corrected chi connectivity index (χ2v) is 5.67. The van der Waals surface area contributed by atoms with Gasteiger partial charge in [0.25, 0.3) is 0 Å². The second kappa shape index (κ2) is 5.74. The number of hydrogen-bond acceptors (Lipinski definition) is 5. The molecule has 0 spiro atoms. The zero-order valence-electron chi connectivity index (χ0n) is 11.4. The van der Waals surface area contributed by atoms with Gasteiger partial charge in [0, 0.05) is 18.7 Å². The Morgan fingerprint density at radius 3 is 2.89 bits per heavy atom. The third-order valence-corrected chi connectivity index (χ3v) is 4.24. The van der Waals surface area contributed by atoms with E-state index in [2.05, 4.69) is 20.6 Å². The Kier molecular flexibility index (Phi) is 3.82. The summed E-state index contributed by atoms with van der Waals surface area (Å²) in [5.74, 6) is 2.12. The van der Waals surface area contributed by atoms with Crippen molar-refractivity contribution in [2.24, 2.45) is 5.92 Å². The predicted molar refractivity (Wildman–Crippen MR) is 76.9 cm³/mol. The summed E-state index contributed by atoms with van der Waals surface area (Å²) < 4.78 is 0. The smallest absolute Gasteiger partial charge is 0.224 e. The first-order chi connectivity index (χ1) is 9.33. The first kappa shape index (κ1) is 12.7. The molecule has 3 rings (SSSR count). The van der Waals surface area contributed by atoms with Crippen molar-refractivity contribution in [2.75, 3.05) is 24.1 Å². The Bertz CT molecular complexity index is 440. The molecule has 1 aliphatic heterocycles. The maximum absolute atomic E-state index is 6.03. The highest BCUT2D eigenvalue weighted by Crippen LogP contribution is 2.24. The minimum absolute atomic E-state index is 0.651. The van der Waals surface area contributed by atoms with Crippen LogP contribution in [0.5, 0.6) is 0 Å². The number of nitrogens with one attached hydrogen (secondary N) is 2. The summed E-state index contributed by atoms with van der Waals surface area (Å²) in [6.07, 6.45) is 7.71. The molecule has 1 saturated carbocycles. The third-order valence-electron chi connectivity index (χ3n) is 4.24. The van der Waals surface area contributed by atoms with Crippen LogP contribution in [-0.2, 0) is 13.0 Å². The number of nitrogens with zero attached hydrogens (tertiary/aromatic N) is 2. The molecule has 5 heteroatoms. The molecular formula is C14H23N5. The highest BCUT2D eigenvalue weighted by atomic mass is 15.1. The first-order valence-electron chi connectivity index (χ1n) is 7.43. The number of hydrogen-bond donors (Lipinski definition) is 3. The molecule has 1 fully saturated rings. The van der Waals surface area contributed by atoms with Gasteiger partial charge in [-0.3, -0.25) is 0 Å². The van der Waals surface area contributed by atoms with Gasteiger partial charge in [0.15, 0.2) is 0 Å². The van der Waals surface area contributed by atoms with Crippen molar-refractivity contribution in [3.8, 4) is 0 Å². The summed E-state index contributed by atoms with van der Waals surface area (Å²) in [5, 5.41) is 6.70. The zero-order chi connectivity index (χ0) is 13.1. The van der Waals surface area contributed by atoms with Crippen molar-refractivity contribution >= 4 is 11.8 Å². The van der Waals surface area contributed by atoms with Gasteiger partial charge in [-0.25, -0.2) is 4.98 Å². The lowest BCUT2D eigenvalue weighted by Gasteiger charge is -2.23. The highest BCUT2D eigenvalue weighted by Gasteiger charge is 2.17. The Morgan fingerprint density at radius 2 is 2.05 bits per heavy atom. The molecule has 0 bridgehead atoms. The van der Waals surface area contributed by atoms with Crippen LogP contribution in [0.25, 0.3) is 0 Å². The molecule has 19 heavy (non-hydrogen) atoms. The van der Waals surface area contributed by atoms with Crippen LogP contribution in [0, 0.1) is 5.92 Å². The fraction of sp³-hybridized carbons (Fsp3) is 0.714. The number of rotatable bonds is 3. The van der Waals surface area contributed by atoms with Gasteiger partial charge in [-0.15, -0.1) is 0 Å². The normalized spacial score (nSPS) is 20.0. The lowest BCUT2D eigenvalue weighted by Crippen LogP contribution is -2.27. The summed E-state index contributed by atoms with van der Waals surface area (Å²) >= 11 is 0. The van der Waals surface area contributed by atoms with Gasteiger partial charge >= 0.3 is 0 Å². The van der Waals surface area contributed by atoms with Crippen LogP contribution in [-0.4, -0.2) is 23.1 Å². The number of fused-ring (bicyclic) bond motifs is 1. The molecule has 1 aromatic rings. The lowest BCUT2D eigenvalue weighted by atomic mass is 9.89. The van der Waals surface area contributed by atoms with E-state index in [1.807, 2.05) is 0 Å². The molecule has 0 radical (unpaired) electrons. The van der Waals surface area contributed by atoms with Crippen LogP contribution in [0.2, 0.25) is 0 Å². The standard InChI is InChI=1S/C14H23N5/c15-13-11-6-7-16-9-12(11)18-14(19-13)17-8-10-4-2-1-3-5-10/h10,16H,1-9H2,(H3,15,17,18,19). The third kappa shape index (κ3) is 2.97. The molecule has 2 heterocycles. The molecule has 1 aliphatic carbocycles. The summed E-state index contributed by atoms with van der Waals surface area (Å²) in [6, 6.07) is 0. The van der Waals surface area contributed by atoms with Crippen molar-refractivity contribution < 1.29 is 0 Å². The second-order valence-electron chi connectivity index (χ2n) is 5.67. The monoisotopic (exact) mass is 261 g/mol. The summed E-state index contributed by atoms with van der Waals surface area (Å²) in [4.78, 5) is 8.99. The van der Waals surface area contributed by atoms with Crippen molar-refractivity contribution in [2.45, 2.75) is 45.1 Å². The maximum atomic E-state index is 6.03. The van der Waals surface area contributed by atoms with E-state index in [0.717, 1.165) is 43.2 Å². The van der Waals surface area contributed by atoms with Gasteiger partial charge in [-0.1, -0.05) is 19.3 Å². The quantitative estimate of drug-likeness (QED) is 0.772. The molecule has 0 unspecified atom stereocenters. The maximum Gasteiger partial charge on any atom is 0.224 e. The highest BCUT2D eigenvalue weighted by molar-refractivity contribution is 5.48. The van der Waals surface area contributed by atoms with Crippen LogP contribution in [0.3, 0.4) is 0 Å². The molecular weight excluding hydrogens is 238 g/mol. The Labute approximate surface area is 114 Å². The molecule has 2 aliphatic rings. The number of anilines is 2. The van der Waals surface area contributed by atoms with Crippen molar-refractivity contribution in [3.63, 3.8) is 0 Å². The Hall–Kier alpha value is -1.36. The average Bonchev–Trinajstić information content (AvgIpc) is 2.46. The van der Waals surface area contributed by atoms with Gasteiger partial charge in [-0.05, 0) is 31.7 Å². The van der Waals surface area contributed by atoms with Crippen LogP contribution in [0.15, 0.2) is 0 Å². The van der Waals surface area contributed by atoms with E-state index in [4.69, 9.17) is 5.73 Å². The van der Waals surface area contributed by atoms with E-state index in [9.17, 15) is 0 Å². The first-order valence-corrected chi connectivity index (χ1v) is 7.43. The van der Waals surface area contributed by atoms with E-state index in [-0.39, 0.29) is 0 Å². The molecule has 0 aromatic carbocycles. The number of nitrogen functional groups attached to an aromatic ring is 1. The zero-order valence-corrected chi connectivity index (χ0v) is 11.4. The summed E-state index contributed by atoms with van der Waals surface area (Å²) in [5.41, 5.74) is 8.22. The van der Waals surface area contributed by atoms with Gasteiger partial charge in [0.2, 0.25) is 5.95 Å². The fourth-order valence-electron chi connectivity index (χ4n) is 3.09. The molecule has 0 saturated heterocycles. The molecule has 0 amide bonds. The molecule has 0 atom stereocenters. The SMILES string of the molecule is Nc1nc(NCC2CCCCC2)nc2c1CCNC2. The van der Waals surface area contributed by atoms with Gasteiger partial charge in [-0.2, -0.15) is 4.98 Å². The van der Waals surface area contributed by atoms with Gasteiger partial charge < -0.3 is 16.4 Å². The molecule has 4 N–H and O–H groups in total. The van der Waals surface area contributed by atoms with Crippen molar-refractivity contribution in [1.29, 1.82) is 0 Å². The predicted octanol–water partition coefficient (Wildman–Crippen LogP) is 1.70. The topological polar surface area (TPSA) is 75.9 Å². The van der Waals surface area contributed by atoms with E-state index >= 15 is 0 Å². The van der Waals surface area contributed by atoms with E-state index in [0.29, 0.717) is 11.8 Å². The van der Waals surface area contributed by atoms with Crippen molar-refractivity contribution in [1.82, 2.24) is 15.3 Å². The molecule has 5 nitrogen and oxygen atoms in total. The number of aromatic nitrogens is 2. The van der Waals surface area contributed by atoms with Crippen LogP contribution in [0.1, 0.15) is 43.4 Å². The van der Waals surface area contributed by atoms with E-state index < -0.39 is 0 Å². The van der Waals surface area contributed by atoms with Crippen LogP contribution in [0.4, 0.5) is 11.8 Å². The minimum atomic E-state index is 0.651. The Morgan fingerprint density at radius 1 is 1.21 bits per heavy atom. The van der Waals surface area contributed by atoms with Crippen LogP contribution < -0.4 is 16.4 Å². The molecule has 1 aromatic heterocycles. The van der Waals surface area contributed by atoms with E-state index in [1.165, 1.54) is 32.1 Å². The molecule has 104 valence electrons. The fourth-order valence-corrected chi connectivity index (χ4v) is 3.09. The largest absolute Gasteiger partial charge is 0.383 e. The summed E-state index contributed by atoms with van der Waals surface area (Å²) in [6.45, 7) is 2.75. The lowest BCUT2D eigenvalue weighted by molar-refractivity contribution is 0.373. The van der Waals surface area contributed by atoms with Gasteiger partial charge in [0.1, 0.15) is 5.82 Å². The summed E-state index contributed by atoms with van der Waals surface area (Å²) in [7, 11) is 0. The Balaban J connectivity index is 1.65. The van der Waals surface area contributed by atoms with Crippen LogP contribution >= 0.6 is 0 Å². The number of nitrogens with two attached hydrogens (primary N) is 1. The van der Waals surface area contributed by atoms with Crippen molar-refractivity contribution in [3.05, 3.63) is 11.3 Å². The van der Waals surface area contributed by atoms with Gasteiger partial charge in [0.05, 0.1) is 5.69 Å². The average molecular weight is 261 g/mol. The van der Waals surface area contributed by atoms with E-state index in [1.54, 1.807) is 0 Å².